The van der Waals surface area contributed by atoms with Crippen LogP contribution in [-0.2, 0) is 0 Å². The minimum absolute atomic E-state index is 0.885. The van der Waals surface area contributed by atoms with Gasteiger partial charge in [0, 0.05) is 0 Å². The Morgan fingerprint density at radius 2 is 2.57 bits per heavy atom. The highest BCUT2D eigenvalue weighted by Gasteiger charge is 2.13. The van der Waals surface area contributed by atoms with E-state index in [-0.39, 0.29) is 0 Å². The molecule has 1 heterocycles. The molecule has 0 aromatic rings. The second kappa shape index (κ2) is 1.79. The van der Waals surface area contributed by atoms with Crippen LogP contribution in [0.1, 0.15) is 6.42 Å². The van der Waals surface area contributed by atoms with Crippen LogP contribution in [0.25, 0.3) is 0 Å². The zero-order valence-electron chi connectivity index (χ0n) is 4.22. The molecule has 0 N–H and O–H groups in total. The molecule has 0 saturated carbocycles. The first-order chi connectivity index (χ1) is 3.43. The van der Waals surface area contributed by atoms with Crippen LogP contribution in [0.15, 0.2) is 0 Å². The van der Waals surface area contributed by atoms with E-state index in [9.17, 15) is 0 Å². The molecular weight excluding hydrogens is 86.1 g/mol. The fourth-order valence-corrected chi connectivity index (χ4v) is 0.448. The maximum absolute atomic E-state index is 5.01. The van der Waals surface area contributed by atoms with Gasteiger partial charge < -0.3 is 0 Å². The number of terminal acetylenes is 1. The van der Waals surface area contributed by atoms with Gasteiger partial charge in [-0.05, 0) is 0 Å². The van der Waals surface area contributed by atoms with Crippen molar-refractivity contribution in [2.24, 2.45) is 0 Å². The summed E-state index contributed by atoms with van der Waals surface area (Å²) < 4.78 is 2.19. The standard InChI is InChI=1S/C6H8N/c1-2-3-4-7-5-6-7/h1,5H,3-4,6H2/q+1. The Labute approximate surface area is 43.7 Å². The summed E-state index contributed by atoms with van der Waals surface area (Å²) in [5, 5.41) is 0. The van der Waals surface area contributed by atoms with E-state index < -0.39 is 0 Å². The topological polar surface area (TPSA) is 3.01 Å². The Kier molecular flexibility index (Phi) is 1.12. The van der Waals surface area contributed by atoms with Gasteiger partial charge >= 0.3 is 0 Å². The zero-order valence-corrected chi connectivity index (χ0v) is 4.22. The van der Waals surface area contributed by atoms with Crippen LogP contribution in [0.2, 0.25) is 0 Å². The Balaban J connectivity index is 2.02. The number of rotatable bonds is 2. The third kappa shape index (κ3) is 1.41. The average molecular weight is 94.1 g/mol. The van der Waals surface area contributed by atoms with Crippen molar-refractivity contribution in [3.63, 3.8) is 0 Å². The van der Waals surface area contributed by atoms with Gasteiger partial charge in [-0.2, -0.15) is 0 Å². The predicted molar refractivity (Wildman–Crippen MR) is 29.5 cm³/mol. The number of hydrogen-bond donors (Lipinski definition) is 0. The molecule has 0 aromatic heterocycles. The second-order valence-corrected chi connectivity index (χ2v) is 1.63. The normalized spacial score (nSPS) is 15.0. The summed E-state index contributed by atoms with van der Waals surface area (Å²) >= 11 is 0. The average Bonchev–Trinajstić information content (AvgIpc) is 2.42. The summed E-state index contributed by atoms with van der Waals surface area (Å²) in [6.07, 6.45) is 8.04. The van der Waals surface area contributed by atoms with Crippen LogP contribution in [0, 0.1) is 12.3 Å². The molecule has 0 atom stereocenters. The van der Waals surface area contributed by atoms with Crippen LogP contribution in [-0.4, -0.2) is 23.9 Å². The zero-order chi connectivity index (χ0) is 5.11. The monoisotopic (exact) mass is 94.1 g/mol. The van der Waals surface area contributed by atoms with Crippen LogP contribution in [0.4, 0.5) is 0 Å². The van der Waals surface area contributed by atoms with Crippen molar-refractivity contribution in [3.8, 4) is 12.3 Å². The van der Waals surface area contributed by atoms with E-state index in [1.807, 2.05) is 0 Å². The van der Waals surface area contributed by atoms with E-state index in [4.69, 9.17) is 6.42 Å². The molecule has 36 valence electrons. The van der Waals surface area contributed by atoms with Crippen molar-refractivity contribution in [1.82, 2.24) is 0 Å². The molecular formula is C6H8N+. The molecule has 1 rings (SSSR count). The Morgan fingerprint density at radius 1 is 1.86 bits per heavy atom. The molecule has 0 spiro atoms. The van der Waals surface area contributed by atoms with Crippen LogP contribution < -0.4 is 0 Å². The van der Waals surface area contributed by atoms with Gasteiger partial charge in [0.1, 0.15) is 0 Å². The summed E-state index contributed by atoms with van der Waals surface area (Å²) in [5.41, 5.74) is 0. The molecule has 1 aliphatic rings. The van der Waals surface area contributed by atoms with Gasteiger partial charge in [0.25, 0.3) is 0 Å². The molecule has 0 saturated heterocycles. The molecule has 0 aromatic carbocycles. The highest BCUT2D eigenvalue weighted by molar-refractivity contribution is 5.60. The van der Waals surface area contributed by atoms with E-state index in [0.717, 1.165) is 19.5 Å². The fraction of sp³-hybridized carbons (Fsp3) is 0.500. The molecule has 0 fully saturated rings. The van der Waals surface area contributed by atoms with Crippen molar-refractivity contribution in [1.29, 1.82) is 0 Å². The van der Waals surface area contributed by atoms with Gasteiger partial charge in [-0.1, -0.05) is 0 Å². The molecule has 0 bridgehead atoms. The first-order valence-electron chi connectivity index (χ1n) is 2.44. The second-order valence-electron chi connectivity index (χ2n) is 1.63. The van der Waals surface area contributed by atoms with Crippen LogP contribution in [0.5, 0.6) is 0 Å². The van der Waals surface area contributed by atoms with Gasteiger partial charge in [-0.3, -0.25) is 0 Å². The lowest BCUT2D eigenvalue weighted by Crippen LogP contribution is -1.91. The Bertz CT molecular complexity index is 128. The molecule has 0 unspecified atom stereocenters. The van der Waals surface area contributed by atoms with Gasteiger partial charge in [0.15, 0.2) is 6.54 Å². The molecule has 7 heavy (non-hydrogen) atoms. The van der Waals surface area contributed by atoms with Gasteiger partial charge in [-0.25, -0.2) is 4.58 Å². The maximum Gasteiger partial charge on any atom is 0.218 e. The van der Waals surface area contributed by atoms with Crippen molar-refractivity contribution in [3.05, 3.63) is 0 Å². The third-order valence-electron chi connectivity index (χ3n) is 0.984. The summed E-state index contributed by atoms with van der Waals surface area (Å²) in [5.74, 6) is 2.58. The third-order valence-corrected chi connectivity index (χ3v) is 0.984. The van der Waals surface area contributed by atoms with Gasteiger partial charge in [0.2, 0.25) is 12.8 Å². The Hall–Kier alpha value is -0.770. The molecule has 1 nitrogen and oxygen atoms in total. The molecule has 1 heteroatoms. The molecule has 0 amide bonds. The Morgan fingerprint density at radius 3 is 3.00 bits per heavy atom. The largest absolute Gasteiger partial charge is 0.223 e. The van der Waals surface area contributed by atoms with Crippen molar-refractivity contribution in [2.45, 2.75) is 6.42 Å². The highest BCUT2D eigenvalue weighted by Crippen LogP contribution is 1.86. The van der Waals surface area contributed by atoms with E-state index in [2.05, 4.69) is 16.7 Å². The van der Waals surface area contributed by atoms with E-state index in [1.165, 1.54) is 0 Å². The minimum Gasteiger partial charge on any atom is -0.223 e. The van der Waals surface area contributed by atoms with E-state index in [0.29, 0.717) is 0 Å². The first-order valence-corrected chi connectivity index (χ1v) is 2.44. The quantitative estimate of drug-likeness (QED) is 0.337. The fourth-order valence-electron chi connectivity index (χ4n) is 0.448. The van der Waals surface area contributed by atoms with Gasteiger partial charge in [-0.15, -0.1) is 12.3 Å². The molecule has 0 radical (unpaired) electrons. The SMILES string of the molecule is C#CCC[N+]1=CC1. The van der Waals surface area contributed by atoms with E-state index >= 15 is 0 Å². The first kappa shape index (κ1) is 4.39. The summed E-state index contributed by atoms with van der Waals surface area (Å²) in [6.45, 7) is 2.19. The molecule has 0 aliphatic carbocycles. The van der Waals surface area contributed by atoms with Crippen LogP contribution in [0.3, 0.4) is 0 Å². The summed E-state index contributed by atoms with van der Waals surface area (Å²) in [7, 11) is 0. The van der Waals surface area contributed by atoms with Crippen molar-refractivity contribution in [2.75, 3.05) is 13.1 Å². The molecule has 1 aliphatic heterocycles. The van der Waals surface area contributed by atoms with Crippen LogP contribution >= 0.6 is 0 Å². The van der Waals surface area contributed by atoms with Crippen molar-refractivity contribution < 1.29 is 4.58 Å². The lowest BCUT2D eigenvalue weighted by Gasteiger charge is -1.75. The maximum atomic E-state index is 5.01. The lowest BCUT2D eigenvalue weighted by atomic mass is 10.4. The van der Waals surface area contributed by atoms with Gasteiger partial charge in [0.05, 0.1) is 6.42 Å². The number of hydrogen-bond acceptors (Lipinski definition) is 0. The minimum atomic E-state index is 0.885. The van der Waals surface area contributed by atoms with Crippen molar-refractivity contribution >= 4 is 6.21 Å². The number of nitrogens with zero attached hydrogens (tertiary/aromatic N) is 1. The highest BCUT2D eigenvalue weighted by atomic mass is 15.1. The smallest absolute Gasteiger partial charge is 0.218 e. The lowest BCUT2D eigenvalue weighted by molar-refractivity contribution is -0.437. The predicted octanol–water partition coefficient (Wildman–Crippen LogP) is 0.107. The van der Waals surface area contributed by atoms with E-state index in [1.54, 1.807) is 0 Å². The summed E-state index contributed by atoms with van der Waals surface area (Å²) in [6, 6.07) is 0. The summed E-state index contributed by atoms with van der Waals surface area (Å²) in [4.78, 5) is 0.